The van der Waals surface area contributed by atoms with Crippen LogP contribution in [-0.2, 0) is 0 Å². The second-order valence-corrected chi connectivity index (χ2v) is 6.92. The molecule has 6 heteroatoms. The Balaban J connectivity index is 1.75. The molecule has 0 N–H and O–H groups in total. The molecule has 0 spiro atoms. The van der Waals surface area contributed by atoms with Gasteiger partial charge in [-0.05, 0) is 55.4 Å². The van der Waals surface area contributed by atoms with Gasteiger partial charge in [-0.3, -0.25) is 9.36 Å². The summed E-state index contributed by atoms with van der Waals surface area (Å²) in [7, 11) is 0. The Morgan fingerprint density at radius 1 is 1.12 bits per heavy atom. The van der Waals surface area contributed by atoms with Crippen molar-refractivity contribution < 1.29 is 0 Å². The lowest BCUT2D eigenvalue weighted by Crippen LogP contribution is -2.26. The Labute approximate surface area is 143 Å². The van der Waals surface area contributed by atoms with Crippen LogP contribution in [0.3, 0.4) is 0 Å². The van der Waals surface area contributed by atoms with Crippen molar-refractivity contribution >= 4 is 11.0 Å². The summed E-state index contributed by atoms with van der Waals surface area (Å²) in [5.74, 6) is 2.67. The second-order valence-electron chi connectivity index (χ2n) is 6.92. The number of aromatic nitrogens is 4. The van der Waals surface area contributed by atoms with Gasteiger partial charge in [0.05, 0.1) is 17.4 Å². The van der Waals surface area contributed by atoms with Crippen molar-refractivity contribution in [2.24, 2.45) is 11.8 Å². The average molecular weight is 329 g/mol. The number of rotatable bonds is 2. The van der Waals surface area contributed by atoms with Gasteiger partial charge >= 0.3 is 0 Å². The quantitative estimate of drug-likeness (QED) is 0.721. The molecule has 3 aromatic heterocycles. The molecule has 0 aromatic carbocycles. The first-order valence-corrected chi connectivity index (χ1v) is 8.49. The molecule has 5 rings (SSSR count). The highest BCUT2D eigenvalue weighted by Crippen LogP contribution is 2.57. The predicted molar refractivity (Wildman–Crippen MR) is 91.2 cm³/mol. The summed E-state index contributed by atoms with van der Waals surface area (Å²) in [6, 6.07) is 9.02. The molecule has 0 saturated heterocycles. The van der Waals surface area contributed by atoms with Crippen LogP contribution < -0.4 is 5.56 Å². The smallest absolute Gasteiger partial charge is 0.266 e. The summed E-state index contributed by atoms with van der Waals surface area (Å²) < 4.78 is 1.64. The minimum absolute atomic E-state index is 0.173. The van der Waals surface area contributed by atoms with E-state index in [4.69, 9.17) is 10.2 Å². The fraction of sp³-hybridized carbons (Fsp3) is 0.316. The number of nitrogens with zero attached hydrogens (tertiary/aromatic N) is 5. The largest absolute Gasteiger partial charge is 0.284 e. The molecule has 0 amide bonds. The molecule has 3 atom stereocenters. The summed E-state index contributed by atoms with van der Waals surface area (Å²) in [4.78, 5) is 26.3. The van der Waals surface area contributed by atoms with Crippen LogP contribution in [-0.4, -0.2) is 19.5 Å². The van der Waals surface area contributed by atoms with Crippen molar-refractivity contribution in [3.8, 4) is 11.8 Å². The van der Waals surface area contributed by atoms with Crippen LogP contribution in [0.2, 0.25) is 0 Å². The summed E-state index contributed by atoms with van der Waals surface area (Å²) in [5.41, 5.74) is 1.79. The van der Waals surface area contributed by atoms with Crippen molar-refractivity contribution in [2.75, 3.05) is 0 Å². The Hall–Kier alpha value is -3.07. The summed E-state index contributed by atoms with van der Waals surface area (Å²) in [5, 5.41) is 8.95. The summed E-state index contributed by atoms with van der Waals surface area (Å²) in [6.45, 7) is 0. The van der Waals surface area contributed by atoms with Crippen LogP contribution >= 0.6 is 0 Å². The molecule has 0 radical (unpaired) electrons. The number of fused-ring (bicyclic) bond motifs is 2. The van der Waals surface area contributed by atoms with Crippen LogP contribution in [0.4, 0.5) is 0 Å². The Bertz CT molecular complexity index is 1070. The third-order valence-corrected chi connectivity index (χ3v) is 5.39. The molecule has 2 fully saturated rings. The molecular weight excluding hydrogens is 314 g/mol. The third-order valence-electron chi connectivity index (χ3n) is 5.39. The van der Waals surface area contributed by atoms with E-state index in [1.165, 1.54) is 6.42 Å². The van der Waals surface area contributed by atoms with Gasteiger partial charge in [0.2, 0.25) is 0 Å². The molecule has 0 bridgehead atoms. The zero-order valence-corrected chi connectivity index (χ0v) is 13.5. The van der Waals surface area contributed by atoms with Crippen molar-refractivity contribution in [1.29, 1.82) is 5.26 Å². The minimum Gasteiger partial charge on any atom is -0.266 e. The molecule has 2 aliphatic rings. The van der Waals surface area contributed by atoms with Crippen LogP contribution in [0, 0.1) is 23.2 Å². The lowest BCUT2D eigenvalue weighted by molar-refractivity contribution is 0.571. The SMILES string of the molecule is N#Cc1ccc(-n2c(C3C[C@@H]4C[C@@H]4C3)nc3cccnc3c2=O)cn1. The second kappa shape index (κ2) is 5.21. The zero-order valence-electron chi connectivity index (χ0n) is 13.5. The third kappa shape index (κ3) is 2.23. The number of hydrogen-bond acceptors (Lipinski definition) is 5. The Morgan fingerprint density at radius 3 is 2.68 bits per heavy atom. The van der Waals surface area contributed by atoms with Gasteiger partial charge in [-0.1, -0.05) is 0 Å². The van der Waals surface area contributed by atoms with Gasteiger partial charge in [0, 0.05) is 12.1 Å². The van der Waals surface area contributed by atoms with E-state index in [9.17, 15) is 4.79 Å². The summed E-state index contributed by atoms with van der Waals surface area (Å²) in [6.07, 6.45) is 6.67. The van der Waals surface area contributed by atoms with Crippen LogP contribution in [0.15, 0.2) is 41.5 Å². The van der Waals surface area contributed by atoms with E-state index in [1.807, 2.05) is 12.1 Å². The van der Waals surface area contributed by atoms with Gasteiger partial charge in [0.15, 0.2) is 5.52 Å². The standard InChI is InChI=1S/C19H15N5O/c20-9-14-3-4-15(10-22-14)24-18(13-7-11-6-12(11)8-13)23-16-2-1-5-21-17(16)19(24)25/h1-5,10-13H,6-8H2/t11-,12+,13?. The van der Waals surface area contributed by atoms with Crippen LogP contribution in [0.1, 0.15) is 36.7 Å². The monoisotopic (exact) mass is 329 g/mol. The number of pyridine rings is 2. The molecule has 3 heterocycles. The molecule has 2 saturated carbocycles. The van der Waals surface area contributed by atoms with Gasteiger partial charge < -0.3 is 0 Å². The first-order valence-electron chi connectivity index (χ1n) is 8.49. The van der Waals surface area contributed by atoms with Crippen molar-refractivity contribution in [1.82, 2.24) is 19.5 Å². The number of nitriles is 1. The van der Waals surface area contributed by atoms with Gasteiger partial charge in [0.25, 0.3) is 5.56 Å². The fourth-order valence-corrected chi connectivity index (χ4v) is 4.07. The first kappa shape index (κ1) is 14.3. The van der Waals surface area contributed by atoms with Crippen molar-refractivity contribution in [2.45, 2.75) is 25.2 Å². The maximum atomic E-state index is 13.1. The van der Waals surface area contributed by atoms with E-state index < -0.39 is 0 Å². The minimum atomic E-state index is -0.173. The highest BCUT2D eigenvalue weighted by atomic mass is 16.1. The fourth-order valence-electron chi connectivity index (χ4n) is 4.07. The van der Waals surface area contributed by atoms with E-state index in [-0.39, 0.29) is 11.5 Å². The maximum Gasteiger partial charge on any atom is 0.284 e. The first-order chi connectivity index (χ1) is 12.2. The Morgan fingerprint density at radius 2 is 1.96 bits per heavy atom. The van der Waals surface area contributed by atoms with Gasteiger partial charge in [-0.2, -0.15) is 5.26 Å². The normalized spacial score (nSPS) is 24.0. The number of hydrogen-bond donors (Lipinski definition) is 0. The molecule has 122 valence electrons. The molecule has 2 aliphatic carbocycles. The molecule has 25 heavy (non-hydrogen) atoms. The lowest BCUT2D eigenvalue weighted by atomic mass is 10.0. The van der Waals surface area contributed by atoms with Gasteiger partial charge in [-0.15, -0.1) is 0 Å². The molecule has 0 aliphatic heterocycles. The summed E-state index contributed by atoms with van der Waals surface area (Å²) >= 11 is 0. The Kier molecular flexibility index (Phi) is 2.98. The van der Waals surface area contributed by atoms with Crippen LogP contribution in [0.25, 0.3) is 16.7 Å². The van der Waals surface area contributed by atoms with E-state index in [0.29, 0.717) is 22.4 Å². The van der Waals surface area contributed by atoms with E-state index in [1.54, 1.807) is 35.2 Å². The highest BCUT2D eigenvalue weighted by molar-refractivity contribution is 5.73. The highest BCUT2D eigenvalue weighted by Gasteiger charge is 2.47. The van der Waals surface area contributed by atoms with E-state index >= 15 is 0 Å². The predicted octanol–water partition coefficient (Wildman–Crippen LogP) is 2.56. The molecule has 3 aromatic rings. The van der Waals surface area contributed by atoms with Crippen molar-refractivity contribution in [3.63, 3.8) is 0 Å². The average Bonchev–Trinajstić information content (AvgIpc) is 3.27. The topological polar surface area (TPSA) is 84.5 Å². The van der Waals surface area contributed by atoms with Gasteiger partial charge in [-0.25, -0.2) is 15.0 Å². The van der Waals surface area contributed by atoms with Crippen molar-refractivity contribution in [3.05, 3.63) is 58.5 Å². The lowest BCUT2D eigenvalue weighted by Gasteiger charge is -2.18. The van der Waals surface area contributed by atoms with Crippen LogP contribution in [0.5, 0.6) is 0 Å². The molecular formula is C19H15N5O. The van der Waals surface area contributed by atoms with Gasteiger partial charge in [0.1, 0.15) is 17.6 Å². The molecule has 1 unspecified atom stereocenters. The van der Waals surface area contributed by atoms with E-state index in [2.05, 4.69) is 9.97 Å². The maximum absolute atomic E-state index is 13.1. The van der Waals surface area contributed by atoms with E-state index in [0.717, 1.165) is 30.5 Å². The zero-order chi connectivity index (χ0) is 17.0. The molecule has 6 nitrogen and oxygen atoms in total.